The summed E-state index contributed by atoms with van der Waals surface area (Å²) in [5, 5.41) is 19.3. The minimum atomic E-state index is -3.52. The van der Waals surface area contributed by atoms with Crippen molar-refractivity contribution in [2.24, 2.45) is 13.0 Å². The molecule has 0 aliphatic rings. The second-order valence-electron chi connectivity index (χ2n) is 3.49. The van der Waals surface area contributed by atoms with Gasteiger partial charge in [-0.1, -0.05) is 6.92 Å². The van der Waals surface area contributed by atoms with E-state index in [1.165, 1.54) is 14.0 Å². The van der Waals surface area contributed by atoms with Crippen LogP contribution in [-0.2, 0) is 27.4 Å². The monoisotopic (exact) mass is 248 g/mol. The predicted octanol–water partition coefficient (Wildman–Crippen LogP) is -1.15. The Morgan fingerprint density at radius 1 is 1.56 bits per heavy atom. The zero-order valence-electron chi connectivity index (χ0n) is 8.86. The number of sulfone groups is 1. The number of tetrazole rings is 1. The van der Waals surface area contributed by atoms with Crippen molar-refractivity contribution in [3.8, 4) is 0 Å². The third-order valence-electron chi connectivity index (χ3n) is 1.82. The maximum Gasteiger partial charge on any atom is 0.307 e. The van der Waals surface area contributed by atoms with E-state index in [9.17, 15) is 13.2 Å². The number of aromatic nitrogens is 4. The van der Waals surface area contributed by atoms with Gasteiger partial charge in [-0.25, -0.2) is 8.42 Å². The lowest BCUT2D eigenvalue weighted by Crippen LogP contribution is -2.22. The van der Waals surface area contributed by atoms with E-state index in [2.05, 4.69) is 15.4 Å². The topological polar surface area (TPSA) is 115 Å². The Kier molecular flexibility index (Phi) is 3.58. The van der Waals surface area contributed by atoms with E-state index in [4.69, 9.17) is 5.11 Å². The van der Waals surface area contributed by atoms with Crippen LogP contribution in [0.1, 0.15) is 12.7 Å². The smallest absolute Gasteiger partial charge is 0.307 e. The number of rotatable bonds is 5. The van der Waals surface area contributed by atoms with Gasteiger partial charge in [-0.3, -0.25) is 4.79 Å². The third kappa shape index (κ3) is 3.57. The molecule has 0 spiro atoms. The lowest BCUT2D eigenvalue weighted by Gasteiger charge is -2.05. The highest BCUT2D eigenvalue weighted by Gasteiger charge is 2.23. The van der Waals surface area contributed by atoms with Crippen LogP contribution in [0.15, 0.2) is 0 Å². The van der Waals surface area contributed by atoms with Gasteiger partial charge < -0.3 is 5.11 Å². The Balaban J connectivity index is 2.69. The van der Waals surface area contributed by atoms with Crippen molar-refractivity contribution in [3.63, 3.8) is 0 Å². The van der Waals surface area contributed by atoms with Crippen LogP contribution in [0, 0.1) is 5.92 Å². The van der Waals surface area contributed by atoms with Crippen molar-refractivity contribution in [3.05, 3.63) is 5.82 Å². The van der Waals surface area contributed by atoms with E-state index in [1.54, 1.807) is 0 Å². The molecule has 0 aromatic carbocycles. The Morgan fingerprint density at radius 2 is 2.19 bits per heavy atom. The van der Waals surface area contributed by atoms with Gasteiger partial charge in [0.2, 0.25) is 0 Å². The Hall–Kier alpha value is -1.51. The minimum absolute atomic E-state index is 0.0695. The van der Waals surface area contributed by atoms with Crippen LogP contribution in [-0.4, -0.2) is 45.5 Å². The van der Waals surface area contributed by atoms with Crippen LogP contribution >= 0.6 is 0 Å². The van der Waals surface area contributed by atoms with E-state index in [0.29, 0.717) is 0 Å². The first-order valence-electron chi connectivity index (χ1n) is 4.46. The molecule has 8 nitrogen and oxygen atoms in total. The van der Waals surface area contributed by atoms with Gasteiger partial charge in [0, 0.05) is 0 Å². The van der Waals surface area contributed by atoms with Gasteiger partial charge in [-0.2, -0.15) is 4.80 Å². The van der Waals surface area contributed by atoms with Crippen LogP contribution in [0.25, 0.3) is 0 Å². The first-order valence-corrected chi connectivity index (χ1v) is 6.28. The van der Waals surface area contributed by atoms with Crippen molar-refractivity contribution < 1.29 is 18.3 Å². The van der Waals surface area contributed by atoms with Gasteiger partial charge in [0.05, 0.1) is 18.7 Å². The van der Waals surface area contributed by atoms with Crippen molar-refractivity contribution in [1.82, 2.24) is 20.2 Å². The predicted molar refractivity (Wildman–Crippen MR) is 53.1 cm³/mol. The Bertz CT molecular complexity index is 480. The third-order valence-corrected chi connectivity index (χ3v) is 3.53. The van der Waals surface area contributed by atoms with Crippen molar-refractivity contribution in [2.75, 3.05) is 5.75 Å². The van der Waals surface area contributed by atoms with Gasteiger partial charge in [0.1, 0.15) is 5.75 Å². The molecule has 9 heteroatoms. The summed E-state index contributed by atoms with van der Waals surface area (Å²) in [6.07, 6.45) is 0. The lowest BCUT2D eigenvalue weighted by molar-refractivity contribution is -0.140. The van der Waals surface area contributed by atoms with E-state index in [-0.39, 0.29) is 5.82 Å². The summed E-state index contributed by atoms with van der Waals surface area (Å²) in [6.45, 7) is 1.34. The number of hydrogen-bond acceptors (Lipinski definition) is 6. The number of aryl methyl sites for hydroxylation is 1. The summed E-state index contributed by atoms with van der Waals surface area (Å²) in [5.41, 5.74) is 0. The number of aliphatic carboxylic acids is 1. The molecule has 0 amide bonds. The normalized spacial score (nSPS) is 13.6. The molecule has 1 N–H and O–H groups in total. The molecular formula is C7H12N4O4S. The molecule has 90 valence electrons. The minimum Gasteiger partial charge on any atom is -0.481 e. The van der Waals surface area contributed by atoms with Crippen LogP contribution in [0.4, 0.5) is 0 Å². The Morgan fingerprint density at radius 3 is 2.62 bits per heavy atom. The molecular weight excluding hydrogens is 236 g/mol. The summed E-state index contributed by atoms with van der Waals surface area (Å²) >= 11 is 0. The number of nitrogens with zero attached hydrogens (tertiary/aromatic N) is 4. The van der Waals surface area contributed by atoms with Gasteiger partial charge >= 0.3 is 5.97 Å². The summed E-state index contributed by atoms with van der Waals surface area (Å²) < 4.78 is 23.1. The quantitative estimate of drug-likeness (QED) is 0.699. The fraction of sp³-hybridized carbons (Fsp3) is 0.714. The lowest BCUT2D eigenvalue weighted by atomic mass is 10.2. The van der Waals surface area contributed by atoms with Gasteiger partial charge in [0.25, 0.3) is 0 Å². The molecule has 0 saturated carbocycles. The highest BCUT2D eigenvalue weighted by molar-refractivity contribution is 7.90. The van der Waals surface area contributed by atoms with E-state index >= 15 is 0 Å². The second kappa shape index (κ2) is 4.56. The highest BCUT2D eigenvalue weighted by Crippen LogP contribution is 2.06. The molecule has 16 heavy (non-hydrogen) atoms. The second-order valence-corrected chi connectivity index (χ2v) is 5.60. The molecule has 1 aromatic heterocycles. The fourth-order valence-corrected chi connectivity index (χ4v) is 2.62. The molecule has 1 atom stereocenters. The highest BCUT2D eigenvalue weighted by atomic mass is 32.2. The summed E-state index contributed by atoms with van der Waals surface area (Å²) in [5.74, 6) is -2.84. The standard InChI is InChI=1S/C7H12N4O4S/c1-5(7(12)13)3-16(14,15)4-6-8-10-11(2)9-6/h5H,3-4H2,1-2H3,(H,12,13). The first kappa shape index (κ1) is 12.6. The maximum atomic E-state index is 11.5. The van der Waals surface area contributed by atoms with Crippen LogP contribution in [0.2, 0.25) is 0 Å². The molecule has 1 rings (SSSR count). The van der Waals surface area contributed by atoms with Crippen LogP contribution < -0.4 is 0 Å². The summed E-state index contributed by atoms with van der Waals surface area (Å²) in [7, 11) is -2.01. The average Bonchev–Trinajstić information content (AvgIpc) is 2.48. The molecule has 1 aromatic rings. The summed E-state index contributed by atoms with van der Waals surface area (Å²) in [6, 6.07) is 0. The Labute approximate surface area is 92.2 Å². The van der Waals surface area contributed by atoms with Crippen molar-refractivity contribution in [1.29, 1.82) is 0 Å². The first-order chi connectivity index (χ1) is 7.30. The molecule has 0 saturated heterocycles. The molecule has 0 fully saturated rings. The van der Waals surface area contributed by atoms with Gasteiger partial charge in [-0.15, -0.1) is 10.2 Å². The zero-order chi connectivity index (χ0) is 12.3. The number of carboxylic acids is 1. The molecule has 1 unspecified atom stereocenters. The van der Waals surface area contributed by atoms with Gasteiger partial charge in [-0.05, 0) is 5.21 Å². The average molecular weight is 248 g/mol. The number of hydrogen-bond donors (Lipinski definition) is 1. The number of carboxylic acid groups (broad SMARTS) is 1. The number of carbonyl (C=O) groups is 1. The van der Waals surface area contributed by atoms with E-state index in [0.717, 1.165) is 4.80 Å². The molecule has 0 aliphatic carbocycles. The van der Waals surface area contributed by atoms with Crippen molar-refractivity contribution in [2.45, 2.75) is 12.7 Å². The van der Waals surface area contributed by atoms with Crippen LogP contribution in [0.3, 0.4) is 0 Å². The molecule has 0 bridgehead atoms. The SMILES string of the molecule is CC(CS(=O)(=O)Cc1nnn(C)n1)C(=O)O. The largest absolute Gasteiger partial charge is 0.481 e. The van der Waals surface area contributed by atoms with E-state index < -0.39 is 33.2 Å². The van der Waals surface area contributed by atoms with Crippen molar-refractivity contribution >= 4 is 15.8 Å². The van der Waals surface area contributed by atoms with E-state index in [1.807, 2.05) is 0 Å². The van der Waals surface area contributed by atoms with Gasteiger partial charge in [0.15, 0.2) is 15.7 Å². The van der Waals surface area contributed by atoms with Crippen LogP contribution in [0.5, 0.6) is 0 Å². The molecule has 0 radical (unpaired) electrons. The fourth-order valence-electron chi connectivity index (χ4n) is 1.09. The molecule has 1 heterocycles. The zero-order valence-corrected chi connectivity index (χ0v) is 9.68. The summed E-state index contributed by atoms with van der Waals surface area (Å²) in [4.78, 5) is 11.7. The molecule has 0 aliphatic heterocycles. The maximum absolute atomic E-state index is 11.5.